The number of aliphatic hydroxyl groups excluding tert-OH is 1. The van der Waals surface area contributed by atoms with Crippen LogP contribution >= 0.6 is 0 Å². The number of aromatic nitrogens is 4. The molecule has 0 saturated carbocycles. The molecule has 4 N–H and O–H groups in total. The number of allylic oxidation sites excluding steroid dienone is 1. The number of hydrogen-bond acceptors (Lipinski definition) is 9. The Labute approximate surface area is 129 Å². The van der Waals surface area contributed by atoms with Gasteiger partial charge in [-0.15, -0.1) is 10.2 Å². The first kappa shape index (κ1) is 15.9. The lowest BCUT2D eigenvalue weighted by molar-refractivity contribution is -0.384. The molecule has 0 radical (unpaired) electrons. The Morgan fingerprint density at radius 1 is 1.52 bits per heavy atom. The second kappa shape index (κ2) is 7.48. The van der Waals surface area contributed by atoms with Crippen LogP contribution in [-0.4, -0.2) is 43.8 Å². The van der Waals surface area contributed by atoms with E-state index in [1.165, 1.54) is 24.4 Å². The van der Waals surface area contributed by atoms with Gasteiger partial charge in [0.2, 0.25) is 5.82 Å². The molecule has 2 rings (SSSR count). The zero-order valence-electron chi connectivity index (χ0n) is 11.7. The van der Waals surface area contributed by atoms with Gasteiger partial charge in [0.05, 0.1) is 22.9 Å². The Morgan fingerprint density at radius 2 is 2.35 bits per heavy atom. The van der Waals surface area contributed by atoms with Gasteiger partial charge in [-0.05, 0) is 11.3 Å². The fourth-order valence-corrected chi connectivity index (χ4v) is 1.68. The molecule has 11 nitrogen and oxygen atoms in total. The summed E-state index contributed by atoms with van der Waals surface area (Å²) in [6.45, 7) is 0.171. The highest BCUT2D eigenvalue weighted by molar-refractivity contribution is 5.78. The van der Waals surface area contributed by atoms with Gasteiger partial charge in [0.15, 0.2) is 0 Å². The van der Waals surface area contributed by atoms with Crippen LogP contribution in [0.1, 0.15) is 5.82 Å². The van der Waals surface area contributed by atoms with Crippen molar-refractivity contribution in [2.45, 2.75) is 0 Å². The van der Waals surface area contributed by atoms with E-state index in [0.717, 1.165) is 0 Å². The lowest BCUT2D eigenvalue weighted by atomic mass is 10.2. The van der Waals surface area contributed by atoms with Crippen molar-refractivity contribution in [3.05, 3.63) is 40.3 Å². The largest absolute Gasteiger partial charge is 0.395 e. The number of non-ortho nitro benzene ring substituents is 1. The molecule has 0 atom stereocenters. The van der Waals surface area contributed by atoms with E-state index in [2.05, 4.69) is 31.3 Å². The molecule has 23 heavy (non-hydrogen) atoms. The van der Waals surface area contributed by atoms with Gasteiger partial charge in [-0.25, -0.2) is 0 Å². The molecular formula is C12H12N8O3. The molecule has 0 aliphatic carbocycles. The smallest absolute Gasteiger partial charge is 0.271 e. The molecule has 0 aliphatic rings. The van der Waals surface area contributed by atoms with Crippen LogP contribution in [0.25, 0.3) is 5.57 Å². The predicted octanol–water partition coefficient (Wildman–Crippen LogP) is 0.489. The minimum Gasteiger partial charge on any atom is -0.395 e. The summed E-state index contributed by atoms with van der Waals surface area (Å²) in [6, 6.07) is 6.04. The molecule has 1 aromatic heterocycles. The molecule has 0 saturated heterocycles. The summed E-state index contributed by atoms with van der Waals surface area (Å²) in [5.74, 6) is 0.0929. The number of tetrazole rings is 1. The second-order valence-corrected chi connectivity index (χ2v) is 4.19. The molecule has 0 amide bonds. The first-order valence-corrected chi connectivity index (χ1v) is 6.39. The summed E-state index contributed by atoms with van der Waals surface area (Å²) in [7, 11) is 0. The average Bonchev–Trinajstić information content (AvgIpc) is 3.08. The zero-order chi connectivity index (χ0) is 16.7. The van der Waals surface area contributed by atoms with Crippen molar-refractivity contribution in [1.29, 1.82) is 5.26 Å². The number of nitrogens with one attached hydrogen (secondary N) is 3. The number of rotatable bonds is 7. The first-order chi connectivity index (χ1) is 11.2. The van der Waals surface area contributed by atoms with Gasteiger partial charge in [0.25, 0.3) is 5.69 Å². The highest BCUT2D eigenvalue weighted by Crippen LogP contribution is 2.27. The predicted molar refractivity (Wildman–Crippen MR) is 80.1 cm³/mol. The Balaban J connectivity index is 2.30. The summed E-state index contributed by atoms with van der Waals surface area (Å²) in [5.41, 5.74) is 0.877. The molecule has 0 aliphatic heterocycles. The van der Waals surface area contributed by atoms with Gasteiger partial charge in [-0.3, -0.25) is 10.1 Å². The summed E-state index contributed by atoms with van der Waals surface area (Å²) in [5, 5.41) is 47.5. The molecule has 1 heterocycles. The number of H-pyrrole nitrogens is 1. The number of anilines is 2. The lowest BCUT2D eigenvalue weighted by Gasteiger charge is -2.11. The fourth-order valence-electron chi connectivity index (χ4n) is 1.68. The van der Waals surface area contributed by atoms with Gasteiger partial charge >= 0.3 is 0 Å². The number of nitro benzene ring substituents is 1. The molecule has 0 spiro atoms. The Morgan fingerprint density at radius 3 is 2.96 bits per heavy atom. The maximum Gasteiger partial charge on any atom is 0.271 e. The van der Waals surface area contributed by atoms with Crippen LogP contribution in [0.2, 0.25) is 0 Å². The molecular weight excluding hydrogens is 304 g/mol. The van der Waals surface area contributed by atoms with Crippen molar-refractivity contribution in [2.24, 2.45) is 0 Å². The van der Waals surface area contributed by atoms with Gasteiger partial charge < -0.3 is 15.7 Å². The van der Waals surface area contributed by atoms with Crippen LogP contribution in [0.15, 0.2) is 24.4 Å². The van der Waals surface area contributed by atoms with Crippen molar-refractivity contribution in [2.75, 3.05) is 23.8 Å². The Kier molecular flexibility index (Phi) is 5.16. The number of benzene rings is 1. The first-order valence-electron chi connectivity index (χ1n) is 6.39. The van der Waals surface area contributed by atoms with E-state index in [1.807, 2.05) is 6.07 Å². The maximum atomic E-state index is 10.9. The van der Waals surface area contributed by atoms with Crippen molar-refractivity contribution in [1.82, 2.24) is 20.6 Å². The summed E-state index contributed by atoms with van der Waals surface area (Å²) >= 11 is 0. The third kappa shape index (κ3) is 3.99. The third-order valence-electron chi connectivity index (χ3n) is 2.72. The third-order valence-corrected chi connectivity index (χ3v) is 2.72. The minimum atomic E-state index is -0.533. The highest BCUT2D eigenvalue weighted by atomic mass is 16.6. The summed E-state index contributed by atoms with van der Waals surface area (Å²) in [4.78, 5) is 10.3. The van der Waals surface area contributed by atoms with Crippen LogP contribution in [0.4, 0.5) is 17.1 Å². The van der Waals surface area contributed by atoms with Crippen molar-refractivity contribution >= 4 is 22.6 Å². The number of nitrogens with zero attached hydrogens (tertiary/aromatic N) is 5. The quantitative estimate of drug-likeness (QED) is 0.323. The van der Waals surface area contributed by atoms with Crippen LogP contribution in [0, 0.1) is 21.4 Å². The molecule has 1 aromatic carbocycles. The summed E-state index contributed by atoms with van der Waals surface area (Å²) in [6.07, 6.45) is 1.31. The number of nitriles is 1. The van der Waals surface area contributed by atoms with E-state index in [9.17, 15) is 10.1 Å². The number of hydrogen-bond donors (Lipinski definition) is 4. The van der Waals surface area contributed by atoms with E-state index in [0.29, 0.717) is 11.4 Å². The minimum absolute atomic E-state index is 0.0929. The van der Waals surface area contributed by atoms with E-state index in [-0.39, 0.29) is 30.2 Å². The van der Waals surface area contributed by atoms with E-state index in [1.54, 1.807) is 0 Å². The van der Waals surface area contributed by atoms with Gasteiger partial charge in [0, 0.05) is 24.9 Å². The lowest BCUT2D eigenvalue weighted by Crippen LogP contribution is -2.07. The second-order valence-electron chi connectivity index (χ2n) is 4.19. The molecule has 0 fully saturated rings. The van der Waals surface area contributed by atoms with Gasteiger partial charge in [0.1, 0.15) is 11.6 Å². The van der Waals surface area contributed by atoms with Gasteiger partial charge in [-0.1, -0.05) is 0 Å². The summed E-state index contributed by atoms with van der Waals surface area (Å²) < 4.78 is 0. The van der Waals surface area contributed by atoms with E-state index >= 15 is 0 Å². The number of aromatic amines is 1. The van der Waals surface area contributed by atoms with Crippen molar-refractivity contribution < 1.29 is 10.0 Å². The highest BCUT2D eigenvalue weighted by Gasteiger charge is 2.11. The van der Waals surface area contributed by atoms with Crippen molar-refractivity contribution in [3.8, 4) is 6.07 Å². The topological polar surface area (TPSA) is 166 Å². The van der Waals surface area contributed by atoms with E-state index in [4.69, 9.17) is 10.4 Å². The zero-order valence-corrected chi connectivity index (χ0v) is 11.7. The molecule has 0 unspecified atom stereocenters. The fraction of sp³-hybridized carbons (Fsp3) is 0.167. The average molecular weight is 316 g/mol. The van der Waals surface area contributed by atoms with Gasteiger partial charge in [-0.2, -0.15) is 10.5 Å². The standard InChI is InChI=1S/C12H12N8O3/c13-6-8(12-16-18-19-17-12)7-15-11-5-9(20(22)23)1-2-10(11)14-3-4-21/h1-2,5,7,14-15,21H,3-4H2,(H,16,17,18,19). The van der Waals surface area contributed by atoms with Crippen LogP contribution in [0.5, 0.6) is 0 Å². The van der Waals surface area contributed by atoms with Crippen LogP contribution in [0.3, 0.4) is 0 Å². The molecule has 11 heteroatoms. The SMILES string of the molecule is N#CC(=CNc1cc([N+](=O)[O-])ccc1NCCO)c1nn[nH]n1. The monoisotopic (exact) mass is 316 g/mol. The molecule has 118 valence electrons. The Bertz CT molecular complexity index is 750. The Hall–Kier alpha value is -3.52. The van der Waals surface area contributed by atoms with Crippen molar-refractivity contribution in [3.63, 3.8) is 0 Å². The maximum absolute atomic E-state index is 10.9. The molecule has 2 aromatic rings. The normalized spacial score (nSPS) is 10.9. The number of aliphatic hydroxyl groups is 1. The van der Waals surface area contributed by atoms with Crippen LogP contribution in [-0.2, 0) is 0 Å². The number of nitro groups is 1. The van der Waals surface area contributed by atoms with Crippen LogP contribution < -0.4 is 10.6 Å². The van der Waals surface area contributed by atoms with E-state index < -0.39 is 4.92 Å². The molecule has 0 bridgehead atoms.